The molecule has 1 aromatic rings. The fourth-order valence-electron chi connectivity index (χ4n) is 2.90. The number of rotatable bonds is 3. The largest absolute Gasteiger partial charge is 0.349 e. The van der Waals surface area contributed by atoms with Gasteiger partial charge in [0.05, 0.1) is 5.92 Å². The minimum Gasteiger partial charge on any atom is -0.332 e. The normalized spacial score (nSPS) is 26.1. The number of benzene rings is 1. The summed E-state index contributed by atoms with van der Waals surface area (Å²) in [6, 6.07) is 9.05. The molecule has 1 N–H and O–H groups in total. The van der Waals surface area contributed by atoms with Crippen LogP contribution in [0.15, 0.2) is 30.3 Å². The van der Waals surface area contributed by atoms with Crippen LogP contribution in [0, 0.1) is 5.92 Å². The van der Waals surface area contributed by atoms with Gasteiger partial charge in [0.15, 0.2) is 0 Å². The third-order valence-corrected chi connectivity index (χ3v) is 3.98. The number of hydrogen-bond acceptors (Lipinski definition) is 3. The highest BCUT2D eigenvalue weighted by Gasteiger charge is 2.42. The van der Waals surface area contributed by atoms with Crippen molar-refractivity contribution in [1.29, 1.82) is 0 Å². The first-order valence-electron chi connectivity index (χ1n) is 7.07. The Morgan fingerprint density at radius 2 is 1.90 bits per heavy atom. The molecule has 2 fully saturated rings. The summed E-state index contributed by atoms with van der Waals surface area (Å²) in [7, 11) is 0. The number of imide groups is 1. The molecule has 3 amide bonds. The van der Waals surface area contributed by atoms with E-state index in [-0.39, 0.29) is 24.5 Å². The summed E-state index contributed by atoms with van der Waals surface area (Å²) >= 11 is 0. The quantitative estimate of drug-likeness (QED) is 0.919. The number of nitrogens with one attached hydrogen (secondary N) is 1. The SMILES string of the molecule is O=C1NC2CCCCC2C(=O)N1OCc1ccccc1. The molecule has 1 heterocycles. The standard InChI is InChI=1S/C15H18N2O3/c18-14-12-8-4-5-9-13(12)16-15(19)17(14)20-10-11-6-2-1-3-7-11/h1-3,6-7,12-13H,4-5,8-10H2,(H,16,19). The average molecular weight is 274 g/mol. The summed E-state index contributed by atoms with van der Waals surface area (Å²) in [6.07, 6.45) is 3.82. The van der Waals surface area contributed by atoms with Crippen molar-refractivity contribution in [2.24, 2.45) is 5.92 Å². The van der Waals surface area contributed by atoms with Gasteiger partial charge in [0.1, 0.15) is 6.61 Å². The summed E-state index contributed by atoms with van der Waals surface area (Å²) in [5.74, 6) is -0.327. The lowest BCUT2D eigenvalue weighted by molar-refractivity contribution is -0.183. The fourth-order valence-corrected chi connectivity index (χ4v) is 2.90. The van der Waals surface area contributed by atoms with E-state index in [0.717, 1.165) is 36.3 Å². The van der Waals surface area contributed by atoms with Crippen molar-refractivity contribution in [3.8, 4) is 0 Å². The highest BCUT2D eigenvalue weighted by molar-refractivity contribution is 5.97. The van der Waals surface area contributed by atoms with E-state index in [9.17, 15) is 9.59 Å². The van der Waals surface area contributed by atoms with Gasteiger partial charge in [-0.25, -0.2) is 4.79 Å². The van der Waals surface area contributed by atoms with Crippen LogP contribution in [-0.4, -0.2) is 23.0 Å². The van der Waals surface area contributed by atoms with E-state index in [0.29, 0.717) is 0 Å². The molecule has 1 aliphatic heterocycles. The van der Waals surface area contributed by atoms with Crippen LogP contribution in [0.5, 0.6) is 0 Å². The van der Waals surface area contributed by atoms with Gasteiger partial charge in [-0.3, -0.25) is 9.63 Å². The summed E-state index contributed by atoms with van der Waals surface area (Å²) in [5.41, 5.74) is 0.930. The smallest absolute Gasteiger partial charge is 0.332 e. The summed E-state index contributed by atoms with van der Waals surface area (Å²) < 4.78 is 0. The van der Waals surface area contributed by atoms with Crippen LogP contribution in [0.1, 0.15) is 31.2 Å². The van der Waals surface area contributed by atoms with E-state index < -0.39 is 6.03 Å². The van der Waals surface area contributed by atoms with Gasteiger partial charge in [-0.1, -0.05) is 43.2 Å². The van der Waals surface area contributed by atoms with Gasteiger partial charge in [-0.2, -0.15) is 0 Å². The Hall–Kier alpha value is -1.88. The molecule has 106 valence electrons. The van der Waals surface area contributed by atoms with Gasteiger partial charge in [-0.05, 0) is 18.4 Å². The average Bonchev–Trinajstić information content (AvgIpc) is 2.48. The molecule has 2 unspecified atom stereocenters. The lowest BCUT2D eigenvalue weighted by atomic mass is 9.83. The molecule has 1 aromatic carbocycles. The van der Waals surface area contributed by atoms with E-state index >= 15 is 0 Å². The maximum absolute atomic E-state index is 12.3. The molecule has 20 heavy (non-hydrogen) atoms. The molecule has 0 radical (unpaired) electrons. The third kappa shape index (κ3) is 2.54. The van der Waals surface area contributed by atoms with E-state index in [4.69, 9.17) is 4.84 Å². The van der Waals surface area contributed by atoms with Gasteiger partial charge in [0.2, 0.25) is 0 Å². The number of amides is 3. The molecular weight excluding hydrogens is 256 g/mol. The van der Waals surface area contributed by atoms with Gasteiger partial charge >= 0.3 is 6.03 Å². The molecule has 0 bridgehead atoms. The number of hydrogen-bond donors (Lipinski definition) is 1. The van der Waals surface area contributed by atoms with Crippen molar-refractivity contribution in [2.45, 2.75) is 38.3 Å². The van der Waals surface area contributed by atoms with E-state index in [2.05, 4.69) is 5.32 Å². The van der Waals surface area contributed by atoms with Gasteiger partial charge < -0.3 is 5.32 Å². The highest BCUT2D eigenvalue weighted by atomic mass is 16.7. The predicted molar refractivity (Wildman–Crippen MR) is 72.4 cm³/mol. The van der Waals surface area contributed by atoms with Crippen LogP contribution in [-0.2, 0) is 16.2 Å². The molecule has 0 aromatic heterocycles. The maximum atomic E-state index is 12.3. The summed E-state index contributed by atoms with van der Waals surface area (Å²) in [6.45, 7) is 0.220. The zero-order valence-corrected chi connectivity index (χ0v) is 11.2. The second-order valence-corrected chi connectivity index (χ2v) is 5.34. The lowest BCUT2D eigenvalue weighted by Gasteiger charge is -2.38. The summed E-state index contributed by atoms with van der Waals surface area (Å²) in [4.78, 5) is 29.7. The molecule has 1 aliphatic carbocycles. The van der Waals surface area contributed by atoms with Crippen molar-refractivity contribution in [1.82, 2.24) is 10.4 Å². The zero-order valence-electron chi connectivity index (χ0n) is 11.2. The van der Waals surface area contributed by atoms with Crippen molar-refractivity contribution in [3.63, 3.8) is 0 Å². The number of carbonyl (C=O) groups is 2. The van der Waals surface area contributed by atoms with Crippen molar-refractivity contribution in [3.05, 3.63) is 35.9 Å². The molecular formula is C15H18N2O3. The highest BCUT2D eigenvalue weighted by Crippen LogP contribution is 2.29. The maximum Gasteiger partial charge on any atom is 0.349 e. The van der Waals surface area contributed by atoms with Crippen molar-refractivity contribution >= 4 is 11.9 Å². The van der Waals surface area contributed by atoms with Crippen LogP contribution in [0.3, 0.4) is 0 Å². The zero-order chi connectivity index (χ0) is 13.9. The van der Waals surface area contributed by atoms with Crippen molar-refractivity contribution < 1.29 is 14.4 Å². The Bertz CT molecular complexity index is 503. The van der Waals surface area contributed by atoms with E-state index in [1.165, 1.54) is 0 Å². The molecule has 2 aliphatic rings. The summed E-state index contributed by atoms with van der Waals surface area (Å²) in [5, 5.41) is 3.78. The van der Waals surface area contributed by atoms with Crippen LogP contribution in [0.4, 0.5) is 4.79 Å². The van der Waals surface area contributed by atoms with E-state index in [1.54, 1.807) is 0 Å². The fraction of sp³-hybridized carbons (Fsp3) is 0.467. The number of urea groups is 1. The molecule has 1 saturated heterocycles. The first-order valence-corrected chi connectivity index (χ1v) is 7.07. The van der Waals surface area contributed by atoms with E-state index in [1.807, 2.05) is 30.3 Å². The molecule has 3 rings (SSSR count). The van der Waals surface area contributed by atoms with Crippen LogP contribution in [0.2, 0.25) is 0 Å². The topological polar surface area (TPSA) is 58.6 Å². The first kappa shape index (κ1) is 13.1. The van der Waals surface area contributed by atoms with Crippen LogP contribution >= 0.6 is 0 Å². The monoisotopic (exact) mass is 274 g/mol. The number of nitrogens with zero attached hydrogens (tertiary/aromatic N) is 1. The Morgan fingerprint density at radius 3 is 2.70 bits per heavy atom. The Kier molecular flexibility index (Phi) is 3.69. The Labute approximate surface area is 117 Å². The number of hydroxylamine groups is 2. The van der Waals surface area contributed by atoms with Gasteiger partial charge in [-0.15, -0.1) is 5.06 Å². The molecule has 0 spiro atoms. The van der Waals surface area contributed by atoms with Crippen molar-refractivity contribution in [2.75, 3.05) is 0 Å². The van der Waals surface area contributed by atoms with Crippen LogP contribution in [0.25, 0.3) is 0 Å². The number of fused-ring (bicyclic) bond motifs is 1. The minimum absolute atomic E-state index is 0.0136. The first-order chi connectivity index (χ1) is 9.75. The van der Waals surface area contributed by atoms with Crippen LogP contribution < -0.4 is 5.32 Å². The number of carbonyl (C=O) groups excluding carboxylic acids is 2. The molecule has 2 atom stereocenters. The lowest BCUT2D eigenvalue weighted by Crippen LogP contribution is -2.60. The predicted octanol–water partition coefficient (Wildman–Crippen LogP) is 2.23. The minimum atomic E-state index is -0.436. The molecule has 1 saturated carbocycles. The second-order valence-electron chi connectivity index (χ2n) is 5.34. The second kappa shape index (κ2) is 5.63. The van der Waals surface area contributed by atoms with Gasteiger partial charge in [0, 0.05) is 6.04 Å². The Morgan fingerprint density at radius 1 is 1.15 bits per heavy atom. The third-order valence-electron chi connectivity index (χ3n) is 3.98. The Balaban J connectivity index is 1.66. The van der Waals surface area contributed by atoms with Gasteiger partial charge in [0.25, 0.3) is 5.91 Å². The molecule has 5 nitrogen and oxygen atoms in total. The molecule has 5 heteroatoms.